The van der Waals surface area contributed by atoms with Gasteiger partial charge in [0.1, 0.15) is 0 Å². The summed E-state index contributed by atoms with van der Waals surface area (Å²) in [5.41, 5.74) is 7.01. The van der Waals surface area contributed by atoms with Crippen molar-refractivity contribution >= 4 is 23.3 Å². The van der Waals surface area contributed by atoms with Gasteiger partial charge in [0.2, 0.25) is 5.91 Å². The maximum Gasteiger partial charge on any atom is 0.312 e. The van der Waals surface area contributed by atoms with Gasteiger partial charge in [0.15, 0.2) is 0 Å². The Morgan fingerprint density at radius 3 is 2.65 bits per heavy atom. The van der Waals surface area contributed by atoms with Gasteiger partial charge >= 0.3 is 6.03 Å². The van der Waals surface area contributed by atoms with E-state index in [2.05, 4.69) is 15.6 Å². The molecule has 0 unspecified atom stereocenters. The number of amides is 3. The first-order chi connectivity index (χ1) is 11.0. The molecular weight excluding hydrogens is 312 g/mol. The third-order valence-electron chi connectivity index (χ3n) is 3.28. The summed E-state index contributed by atoms with van der Waals surface area (Å²) in [5.74, 6) is -0.139. The Kier molecular flexibility index (Phi) is 6.10. The average molecular weight is 332 g/mol. The van der Waals surface area contributed by atoms with Gasteiger partial charge in [-0.05, 0) is 12.5 Å². The van der Waals surface area contributed by atoms with Gasteiger partial charge in [0.25, 0.3) is 0 Å². The molecule has 23 heavy (non-hydrogen) atoms. The minimum atomic E-state index is -0.649. The number of aryl methyl sites for hydroxylation is 1. The third-order valence-corrected chi connectivity index (χ3v) is 4.10. The summed E-state index contributed by atoms with van der Waals surface area (Å²) in [6.45, 7) is 2.47. The molecule has 0 spiro atoms. The van der Waals surface area contributed by atoms with E-state index in [4.69, 9.17) is 5.73 Å². The molecule has 0 bridgehead atoms. The molecule has 122 valence electrons. The number of thiazole rings is 1. The quantitative estimate of drug-likeness (QED) is 0.722. The zero-order valence-corrected chi connectivity index (χ0v) is 13.7. The molecule has 6 nitrogen and oxygen atoms in total. The first kappa shape index (κ1) is 17.0. The second-order valence-corrected chi connectivity index (χ2v) is 6.20. The van der Waals surface area contributed by atoms with E-state index >= 15 is 0 Å². The number of rotatable bonds is 7. The van der Waals surface area contributed by atoms with Crippen LogP contribution in [0.3, 0.4) is 0 Å². The molecule has 0 fully saturated rings. The second-order valence-electron chi connectivity index (χ2n) is 5.13. The number of nitrogens with one attached hydrogen (secondary N) is 2. The number of nitrogens with two attached hydrogens (primary N) is 1. The van der Waals surface area contributed by atoms with E-state index in [0.717, 1.165) is 16.3 Å². The van der Waals surface area contributed by atoms with E-state index in [9.17, 15) is 9.59 Å². The molecule has 1 heterocycles. The molecule has 1 atom stereocenters. The molecule has 0 aliphatic carbocycles. The van der Waals surface area contributed by atoms with Crippen molar-refractivity contribution in [2.24, 2.45) is 5.73 Å². The van der Waals surface area contributed by atoms with E-state index in [1.54, 1.807) is 11.3 Å². The number of hydrogen-bond donors (Lipinski definition) is 3. The van der Waals surface area contributed by atoms with Gasteiger partial charge in [-0.3, -0.25) is 4.79 Å². The standard InChI is InChI=1S/C16H20N4O2S/c1-11-19-13(10-23-11)7-8-18-15(21)9-14(20-16(17)22)12-5-3-2-4-6-12/h2-6,10,14H,7-9H2,1H3,(H,18,21)(H3,17,20,22)/t14-/m0/s1. The average Bonchev–Trinajstić information content (AvgIpc) is 2.92. The third kappa shape index (κ3) is 5.71. The number of benzene rings is 1. The van der Waals surface area contributed by atoms with E-state index in [0.29, 0.717) is 13.0 Å². The summed E-state index contributed by atoms with van der Waals surface area (Å²) in [6, 6.07) is 8.21. The van der Waals surface area contributed by atoms with Gasteiger partial charge in [-0.25, -0.2) is 9.78 Å². The normalized spacial score (nSPS) is 11.7. The van der Waals surface area contributed by atoms with Crippen molar-refractivity contribution in [1.82, 2.24) is 15.6 Å². The molecule has 0 radical (unpaired) electrons. The van der Waals surface area contributed by atoms with Crippen LogP contribution in [0.1, 0.15) is 28.7 Å². The molecule has 7 heteroatoms. The number of urea groups is 1. The summed E-state index contributed by atoms with van der Waals surface area (Å²) in [5, 5.41) is 8.46. The first-order valence-corrected chi connectivity index (χ1v) is 8.21. The molecule has 1 aromatic carbocycles. The van der Waals surface area contributed by atoms with Crippen LogP contribution >= 0.6 is 11.3 Å². The monoisotopic (exact) mass is 332 g/mol. The molecule has 0 aliphatic rings. The Labute approximate surface area is 139 Å². The summed E-state index contributed by atoms with van der Waals surface area (Å²) < 4.78 is 0. The van der Waals surface area contributed by atoms with Crippen LogP contribution in [0.25, 0.3) is 0 Å². The highest BCUT2D eigenvalue weighted by Gasteiger charge is 2.17. The smallest absolute Gasteiger partial charge is 0.312 e. The first-order valence-electron chi connectivity index (χ1n) is 7.33. The van der Waals surface area contributed by atoms with Crippen molar-refractivity contribution < 1.29 is 9.59 Å². The van der Waals surface area contributed by atoms with Gasteiger partial charge in [-0.1, -0.05) is 30.3 Å². The fourth-order valence-corrected chi connectivity index (χ4v) is 2.87. The predicted octanol–water partition coefficient (Wildman–Crippen LogP) is 1.91. The highest BCUT2D eigenvalue weighted by Crippen LogP contribution is 2.16. The zero-order valence-electron chi connectivity index (χ0n) is 12.9. The number of carbonyl (C=O) groups excluding carboxylic acids is 2. The lowest BCUT2D eigenvalue weighted by Gasteiger charge is -2.17. The Bertz CT molecular complexity index is 657. The summed E-state index contributed by atoms with van der Waals surface area (Å²) >= 11 is 1.59. The molecule has 0 aliphatic heterocycles. The van der Waals surface area contributed by atoms with Crippen LogP contribution in [0.15, 0.2) is 35.7 Å². The van der Waals surface area contributed by atoms with Crippen molar-refractivity contribution in [3.05, 3.63) is 52.0 Å². The fourth-order valence-electron chi connectivity index (χ4n) is 2.22. The summed E-state index contributed by atoms with van der Waals surface area (Å²) in [7, 11) is 0. The van der Waals surface area contributed by atoms with E-state index in [-0.39, 0.29) is 12.3 Å². The minimum Gasteiger partial charge on any atom is -0.356 e. The number of carbonyl (C=O) groups is 2. The lowest BCUT2D eigenvalue weighted by molar-refractivity contribution is -0.121. The highest BCUT2D eigenvalue weighted by molar-refractivity contribution is 7.09. The number of nitrogens with zero attached hydrogens (tertiary/aromatic N) is 1. The number of aromatic nitrogens is 1. The lowest BCUT2D eigenvalue weighted by Crippen LogP contribution is -2.37. The number of primary amides is 1. The van der Waals surface area contributed by atoms with Crippen LogP contribution in [0.4, 0.5) is 4.79 Å². The minimum absolute atomic E-state index is 0.139. The molecule has 2 rings (SSSR count). The maximum absolute atomic E-state index is 12.1. The van der Waals surface area contributed by atoms with Gasteiger partial charge in [-0.15, -0.1) is 11.3 Å². The molecule has 4 N–H and O–H groups in total. The van der Waals surface area contributed by atoms with Crippen LogP contribution < -0.4 is 16.4 Å². The van der Waals surface area contributed by atoms with Gasteiger partial charge in [0.05, 0.1) is 23.2 Å². The van der Waals surface area contributed by atoms with Crippen molar-refractivity contribution in [1.29, 1.82) is 0 Å². The van der Waals surface area contributed by atoms with Crippen LogP contribution in [-0.4, -0.2) is 23.5 Å². The zero-order chi connectivity index (χ0) is 16.7. The molecule has 1 aromatic heterocycles. The fraction of sp³-hybridized carbons (Fsp3) is 0.312. The largest absolute Gasteiger partial charge is 0.356 e. The van der Waals surface area contributed by atoms with Gasteiger partial charge in [-0.2, -0.15) is 0 Å². The summed E-state index contributed by atoms with van der Waals surface area (Å²) in [4.78, 5) is 27.6. The maximum atomic E-state index is 12.1. The Balaban J connectivity index is 1.86. The highest BCUT2D eigenvalue weighted by atomic mass is 32.1. The van der Waals surface area contributed by atoms with Crippen molar-refractivity contribution in [2.75, 3.05) is 6.54 Å². The lowest BCUT2D eigenvalue weighted by atomic mass is 10.0. The predicted molar refractivity (Wildman–Crippen MR) is 90.1 cm³/mol. The molecule has 2 aromatic rings. The van der Waals surface area contributed by atoms with E-state index in [1.807, 2.05) is 42.6 Å². The number of hydrogen-bond acceptors (Lipinski definition) is 4. The molecule has 0 saturated carbocycles. The van der Waals surface area contributed by atoms with Gasteiger partial charge < -0.3 is 16.4 Å². The Morgan fingerprint density at radius 1 is 1.30 bits per heavy atom. The topological polar surface area (TPSA) is 97.1 Å². The van der Waals surface area contributed by atoms with E-state index < -0.39 is 12.1 Å². The van der Waals surface area contributed by atoms with Crippen LogP contribution in [0.2, 0.25) is 0 Å². The summed E-state index contributed by atoms with van der Waals surface area (Å²) in [6.07, 6.45) is 0.832. The molecule has 0 saturated heterocycles. The Morgan fingerprint density at radius 2 is 2.04 bits per heavy atom. The van der Waals surface area contributed by atoms with Crippen LogP contribution in [0, 0.1) is 6.92 Å². The van der Waals surface area contributed by atoms with Crippen molar-refractivity contribution in [3.63, 3.8) is 0 Å². The van der Waals surface area contributed by atoms with Crippen molar-refractivity contribution in [3.8, 4) is 0 Å². The molecular formula is C16H20N4O2S. The van der Waals surface area contributed by atoms with Crippen molar-refractivity contribution in [2.45, 2.75) is 25.8 Å². The SMILES string of the molecule is Cc1nc(CCNC(=O)C[C@H](NC(N)=O)c2ccccc2)cs1. The Hall–Kier alpha value is -2.41. The van der Waals surface area contributed by atoms with E-state index in [1.165, 1.54) is 0 Å². The van der Waals surface area contributed by atoms with Gasteiger partial charge in [0, 0.05) is 18.3 Å². The molecule has 3 amide bonds. The van der Waals surface area contributed by atoms with Crippen LogP contribution in [-0.2, 0) is 11.2 Å². The second kappa shape index (κ2) is 8.28. The van der Waals surface area contributed by atoms with Crippen LogP contribution in [0.5, 0.6) is 0 Å².